The molecule has 0 spiro atoms. The lowest BCUT2D eigenvalue weighted by atomic mass is 9.83. The minimum atomic E-state index is 0.577. The first kappa shape index (κ1) is 13.2. The predicted molar refractivity (Wildman–Crippen MR) is 77.7 cm³/mol. The van der Waals surface area contributed by atoms with Gasteiger partial charge in [-0.25, -0.2) is 4.98 Å². The van der Waals surface area contributed by atoms with Crippen LogP contribution in [0.4, 0.5) is 11.5 Å². The summed E-state index contributed by atoms with van der Waals surface area (Å²) >= 11 is 0. The molecule has 1 fully saturated rings. The first-order chi connectivity index (χ1) is 8.69. The number of nitrogen functional groups attached to an aromatic ring is 1. The second kappa shape index (κ2) is 6.07. The van der Waals surface area contributed by atoms with Crippen LogP contribution in [0.3, 0.4) is 0 Å². The van der Waals surface area contributed by atoms with E-state index >= 15 is 0 Å². The molecule has 0 bridgehead atoms. The number of pyridine rings is 1. The first-order valence-corrected chi connectivity index (χ1v) is 7.17. The molecule has 1 saturated carbocycles. The molecule has 1 aromatic heterocycles. The summed E-state index contributed by atoms with van der Waals surface area (Å²) in [5.41, 5.74) is 7.78. The van der Waals surface area contributed by atoms with E-state index in [-0.39, 0.29) is 0 Å². The number of nitrogens with zero attached hydrogens (tertiary/aromatic N) is 1. The Morgan fingerprint density at radius 3 is 2.67 bits per heavy atom. The summed E-state index contributed by atoms with van der Waals surface area (Å²) in [5.74, 6) is 1.88. The summed E-state index contributed by atoms with van der Waals surface area (Å²) in [4.78, 5) is 4.40. The summed E-state index contributed by atoms with van der Waals surface area (Å²) < 4.78 is 0. The average molecular weight is 247 g/mol. The molecular weight excluding hydrogens is 222 g/mol. The molecular formula is C15H25N3. The number of nitrogens with two attached hydrogens (primary N) is 1. The largest absolute Gasteiger partial charge is 0.398 e. The van der Waals surface area contributed by atoms with Gasteiger partial charge in [0.15, 0.2) is 0 Å². The number of anilines is 2. The molecule has 1 aliphatic carbocycles. The fourth-order valence-electron chi connectivity index (χ4n) is 2.83. The Morgan fingerprint density at radius 1 is 1.33 bits per heavy atom. The van der Waals surface area contributed by atoms with E-state index in [1.165, 1.54) is 38.5 Å². The monoisotopic (exact) mass is 247 g/mol. The molecule has 0 amide bonds. The third kappa shape index (κ3) is 3.37. The van der Waals surface area contributed by atoms with E-state index in [1.54, 1.807) is 0 Å². The van der Waals surface area contributed by atoms with Crippen LogP contribution in [0, 0.1) is 12.8 Å². The van der Waals surface area contributed by atoms with Crippen molar-refractivity contribution in [1.82, 2.24) is 4.98 Å². The predicted octanol–water partition coefficient (Wildman–Crippen LogP) is 3.74. The highest BCUT2D eigenvalue weighted by Gasteiger charge is 2.20. The Bertz CT molecular complexity index is 381. The lowest BCUT2D eigenvalue weighted by molar-refractivity contribution is 0.318. The normalized spacial score (nSPS) is 23.9. The molecule has 100 valence electrons. The molecule has 1 heterocycles. The molecule has 0 saturated heterocycles. The second-order valence-corrected chi connectivity index (χ2v) is 5.58. The van der Waals surface area contributed by atoms with Crippen LogP contribution in [0.25, 0.3) is 0 Å². The molecule has 3 N–H and O–H groups in total. The molecule has 3 heteroatoms. The maximum absolute atomic E-state index is 5.91. The molecule has 1 aromatic rings. The molecule has 0 aromatic carbocycles. The van der Waals surface area contributed by atoms with E-state index in [0.29, 0.717) is 6.04 Å². The highest BCUT2D eigenvalue weighted by Crippen LogP contribution is 2.29. The molecule has 1 aliphatic rings. The van der Waals surface area contributed by atoms with E-state index in [0.717, 1.165) is 23.0 Å². The van der Waals surface area contributed by atoms with Crippen LogP contribution in [0.2, 0.25) is 0 Å². The molecule has 3 nitrogen and oxygen atoms in total. The van der Waals surface area contributed by atoms with Gasteiger partial charge in [-0.1, -0.05) is 19.8 Å². The molecule has 0 aliphatic heterocycles. The summed E-state index contributed by atoms with van der Waals surface area (Å²) in [6.07, 6.45) is 9.79. The van der Waals surface area contributed by atoms with Gasteiger partial charge in [0.1, 0.15) is 5.82 Å². The highest BCUT2D eigenvalue weighted by atomic mass is 15.0. The smallest absolute Gasteiger partial charge is 0.128 e. The summed E-state index contributed by atoms with van der Waals surface area (Å²) in [6, 6.07) is 2.53. The lowest BCUT2D eigenvalue weighted by Gasteiger charge is -2.29. The van der Waals surface area contributed by atoms with Gasteiger partial charge in [-0.3, -0.25) is 0 Å². The van der Waals surface area contributed by atoms with E-state index < -0.39 is 0 Å². The zero-order valence-corrected chi connectivity index (χ0v) is 11.6. The van der Waals surface area contributed by atoms with E-state index in [1.807, 2.05) is 19.2 Å². The van der Waals surface area contributed by atoms with Gasteiger partial charge in [0.2, 0.25) is 0 Å². The van der Waals surface area contributed by atoms with Crippen LogP contribution in [0.1, 0.15) is 51.0 Å². The van der Waals surface area contributed by atoms with Crippen molar-refractivity contribution in [3.63, 3.8) is 0 Å². The SMILES string of the molecule is CCCC1CCC(Nc2cc(N)c(C)cn2)CC1. The van der Waals surface area contributed by atoms with Crippen molar-refractivity contribution in [2.45, 2.75) is 58.4 Å². The Balaban J connectivity index is 1.85. The summed E-state index contributed by atoms with van der Waals surface area (Å²) in [6.45, 7) is 4.27. The van der Waals surface area contributed by atoms with E-state index in [2.05, 4.69) is 17.2 Å². The average Bonchev–Trinajstić information content (AvgIpc) is 2.37. The van der Waals surface area contributed by atoms with Gasteiger partial charge in [0, 0.05) is 24.0 Å². The summed E-state index contributed by atoms with van der Waals surface area (Å²) in [5, 5.41) is 3.52. The number of aromatic nitrogens is 1. The Labute approximate surface area is 110 Å². The fourth-order valence-corrected chi connectivity index (χ4v) is 2.83. The van der Waals surface area contributed by atoms with Crippen LogP contribution in [0.15, 0.2) is 12.3 Å². The van der Waals surface area contributed by atoms with Crippen LogP contribution in [-0.2, 0) is 0 Å². The minimum absolute atomic E-state index is 0.577. The Morgan fingerprint density at radius 2 is 2.06 bits per heavy atom. The lowest BCUT2D eigenvalue weighted by Crippen LogP contribution is -2.26. The van der Waals surface area contributed by atoms with Crippen molar-refractivity contribution in [3.8, 4) is 0 Å². The van der Waals surface area contributed by atoms with Crippen LogP contribution >= 0.6 is 0 Å². The van der Waals surface area contributed by atoms with Gasteiger partial charge in [-0.2, -0.15) is 0 Å². The topological polar surface area (TPSA) is 50.9 Å². The van der Waals surface area contributed by atoms with Gasteiger partial charge < -0.3 is 11.1 Å². The number of hydrogen-bond donors (Lipinski definition) is 2. The number of rotatable bonds is 4. The van der Waals surface area contributed by atoms with Gasteiger partial charge in [0.25, 0.3) is 0 Å². The fraction of sp³-hybridized carbons (Fsp3) is 0.667. The van der Waals surface area contributed by atoms with Gasteiger partial charge >= 0.3 is 0 Å². The molecule has 0 unspecified atom stereocenters. The quantitative estimate of drug-likeness (QED) is 0.852. The van der Waals surface area contributed by atoms with Gasteiger partial charge in [-0.15, -0.1) is 0 Å². The van der Waals surface area contributed by atoms with E-state index in [9.17, 15) is 0 Å². The van der Waals surface area contributed by atoms with Crippen molar-refractivity contribution >= 4 is 11.5 Å². The Hall–Kier alpha value is -1.25. The number of hydrogen-bond acceptors (Lipinski definition) is 3. The van der Waals surface area contributed by atoms with Crippen molar-refractivity contribution in [3.05, 3.63) is 17.8 Å². The third-order valence-electron chi connectivity index (χ3n) is 4.04. The molecule has 0 atom stereocenters. The third-order valence-corrected chi connectivity index (χ3v) is 4.04. The first-order valence-electron chi connectivity index (χ1n) is 7.17. The van der Waals surface area contributed by atoms with Crippen molar-refractivity contribution in [2.24, 2.45) is 5.92 Å². The maximum Gasteiger partial charge on any atom is 0.128 e. The summed E-state index contributed by atoms with van der Waals surface area (Å²) in [7, 11) is 0. The second-order valence-electron chi connectivity index (χ2n) is 5.58. The van der Waals surface area contributed by atoms with Crippen molar-refractivity contribution in [2.75, 3.05) is 11.1 Å². The molecule has 0 radical (unpaired) electrons. The van der Waals surface area contributed by atoms with Gasteiger partial charge in [0.05, 0.1) is 0 Å². The van der Waals surface area contributed by atoms with Crippen LogP contribution in [-0.4, -0.2) is 11.0 Å². The van der Waals surface area contributed by atoms with Crippen LogP contribution < -0.4 is 11.1 Å². The van der Waals surface area contributed by atoms with Crippen molar-refractivity contribution in [1.29, 1.82) is 0 Å². The maximum atomic E-state index is 5.91. The zero-order valence-electron chi connectivity index (χ0n) is 11.6. The highest BCUT2D eigenvalue weighted by molar-refractivity contribution is 5.53. The zero-order chi connectivity index (χ0) is 13.0. The molecule has 2 rings (SSSR count). The van der Waals surface area contributed by atoms with Gasteiger partial charge in [-0.05, 0) is 44.1 Å². The van der Waals surface area contributed by atoms with E-state index in [4.69, 9.17) is 5.73 Å². The minimum Gasteiger partial charge on any atom is -0.398 e. The number of aryl methyl sites for hydroxylation is 1. The van der Waals surface area contributed by atoms with Crippen molar-refractivity contribution < 1.29 is 0 Å². The molecule has 18 heavy (non-hydrogen) atoms. The van der Waals surface area contributed by atoms with Crippen LogP contribution in [0.5, 0.6) is 0 Å². The standard InChI is InChI=1S/C15H25N3/c1-3-4-12-5-7-13(8-6-12)18-15-9-14(16)11(2)10-17-15/h9-10,12-13H,3-8H2,1-2H3,(H3,16,17,18). The number of nitrogens with one attached hydrogen (secondary N) is 1. The Kier molecular flexibility index (Phi) is 4.45.